The molecule has 4 rings (SSSR count). The van der Waals surface area contributed by atoms with Gasteiger partial charge in [-0.05, 0) is 42.5 Å². The summed E-state index contributed by atoms with van der Waals surface area (Å²) in [4.78, 5) is 12.6. The molecule has 0 radical (unpaired) electrons. The number of ether oxygens (including phenoxy) is 2. The predicted molar refractivity (Wildman–Crippen MR) is 122 cm³/mol. The van der Waals surface area contributed by atoms with E-state index in [0.29, 0.717) is 17.1 Å². The van der Waals surface area contributed by atoms with Crippen LogP contribution >= 0.6 is 0 Å². The van der Waals surface area contributed by atoms with E-state index < -0.39 is 0 Å². The van der Waals surface area contributed by atoms with Crippen molar-refractivity contribution >= 4 is 11.9 Å². The van der Waals surface area contributed by atoms with E-state index in [4.69, 9.17) is 14.6 Å². The van der Waals surface area contributed by atoms with Gasteiger partial charge >= 0.3 is 0 Å². The number of rotatable bonds is 7. The van der Waals surface area contributed by atoms with E-state index in [1.54, 1.807) is 43.2 Å². The fourth-order valence-corrected chi connectivity index (χ4v) is 3.29. The van der Waals surface area contributed by atoms with Crippen LogP contribution in [0.25, 0.3) is 23.0 Å². The number of ketones is 1. The predicted octanol–water partition coefficient (Wildman–Crippen LogP) is 5.45. The summed E-state index contributed by atoms with van der Waals surface area (Å²) in [5, 5.41) is 4.79. The fraction of sp³-hybridized carbons (Fsp3) is 0.0769. The van der Waals surface area contributed by atoms with Crippen LogP contribution in [0.5, 0.6) is 11.5 Å². The molecule has 0 unspecified atom stereocenters. The number of aromatic nitrogens is 2. The van der Waals surface area contributed by atoms with Crippen LogP contribution in [0.4, 0.5) is 0 Å². The van der Waals surface area contributed by atoms with Crippen LogP contribution in [0.15, 0.2) is 91.1 Å². The van der Waals surface area contributed by atoms with Crippen LogP contribution in [0, 0.1) is 0 Å². The Labute approximate surface area is 181 Å². The van der Waals surface area contributed by atoms with Crippen molar-refractivity contribution in [2.75, 3.05) is 14.2 Å². The molecule has 1 heterocycles. The summed E-state index contributed by atoms with van der Waals surface area (Å²) in [7, 11) is 3.20. The van der Waals surface area contributed by atoms with Gasteiger partial charge in [-0.15, -0.1) is 0 Å². The van der Waals surface area contributed by atoms with E-state index in [9.17, 15) is 4.79 Å². The van der Waals surface area contributed by atoms with E-state index in [0.717, 1.165) is 22.5 Å². The number of para-hydroxylation sites is 1. The van der Waals surface area contributed by atoms with Crippen LogP contribution in [0.3, 0.4) is 0 Å². The molecule has 1 aromatic heterocycles. The molecule has 0 saturated carbocycles. The molecule has 4 aromatic rings. The minimum Gasteiger partial charge on any atom is -0.493 e. The highest BCUT2D eigenvalue weighted by molar-refractivity contribution is 6.07. The molecule has 0 saturated heterocycles. The molecule has 5 heteroatoms. The summed E-state index contributed by atoms with van der Waals surface area (Å²) in [5.41, 5.74) is 3.99. The highest BCUT2D eigenvalue weighted by atomic mass is 16.5. The first-order chi connectivity index (χ1) is 15.2. The Morgan fingerprint density at radius 2 is 1.55 bits per heavy atom. The second-order valence-corrected chi connectivity index (χ2v) is 6.85. The Hall–Kier alpha value is -4.12. The topological polar surface area (TPSA) is 53.4 Å². The summed E-state index contributed by atoms with van der Waals surface area (Å²) < 4.78 is 12.6. The Morgan fingerprint density at radius 3 is 2.23 bits per heavy atom. The summed E-state index contributed by atoms with van der Waals surface area (Å²) >= 11 is 0. The average molecular weight is 410 g/mol. The number of hydrogen-bond acceptors (Lipinski definition) is 4. The lowest BCUT2D eigenvalue weighted by Gasteiger charge is -2.09. The van der Waals surface area contributed by atoms with Gasteiger partial charge in [-0.1, -0.05) is 48.5 Å². The Bertz CT molecular complexity index is 1210. The zero-order chi connectivity index (χ0) is 21.6. The summed E-state index contributed by atoms with van der Waals surface area (Å²) in [6.45, 7) is 0. The van der Waals surface area contributed by atoms with Gasteiger partial charge in [-0.3, -0.25) is 4.79 Å². The molecule has 0 spiro atoms. The van der Waals surface area contributed by atoms with E-state index in [1.807, 2.05) is 72.9 Å². The lowest BCUT2D eigenvalue weighted by Crippen LogP contribution is -1.95. The number of benzene rings is 3. The van der Waals surface area contributed by atoms with Gasteiger partial charge < -0.3 is 9.47 Å². The van der Waals surface area contributed by atoms with E-state index in [-0.39, 0.29) is 5.78 Å². The molecular formula is C26H22N2O3. The van der Waals surface area contributed by atoms with Gasteiger partial charge in [0.05, 0.1) is 19.9 Å². The number of methoxy groups -OCH3 is 2. The van der Waals surface area contributed by atoms with E-state index in [2.05, 4.69) is 0 Å². The molecule has 0 N–H and O–H groups in total. The highest BCUT2D eigenvalue weighted by Crippen LogP contribution is 2.33. The molecule has 31 heavy (non-hydrogen) atoms. The van der Waals surface area contributed by atoms with Crippen molar-refractivity contribution in [2.24, 2.45) is 0 Å². The third kappa shape index (κ3) is 4.41. The second kappa shape index (κ2) is 9.13. The first kappa shape index (κ1) is 20.2. The molecular weight excluding hydrogens is 388 g/mol. The van der Waals surface area contributed by atoms with Crippen molar-refractivity contribution in [3.63, 3.8) is 0 Å². The molecule has 0 atom stereocenters. The lowest BCUT2D eigenvalue weighted by molar-refractivity contribution is 0.104. The molecule has 0 aliphatic carbocycles. The molecule has 0 fully saturated rings. The minimum atomic E-state index is -0.0636. The first-order valence-corrected chi connectivity index (χ1v) is 9.84. The largest absolute Gasteiger partial charge is 0.493 e. The molecule has 0 aliphatic heterocycles. The number of nitrogens with zero attached hydrogens (tertiary/aromatic N) is 2. The van der Waals surface area contributed by atoms with Crippen LogP contribution in [0.1, 0.15) is 15.9 Å². The molecule has 0 aliphatic rings. The minimum absolute atomic E-state index is 0.0636. The van der Waals surface area contributed by atoms with Crippen molar-refractivity contribution in [1.82, 2.24) is 9.78 Å². The number of allylic oxidation sites excluding steroid dienone is 1. The van der Waals surface area contributed by atoms with Crippen molar-refractivity contribution in [1.29, 1.82) is 0 Å². The quantitative estimate of drug-likeness (QED) is 0.300. The number of carbonyl (C=O) groups is 1. The number of hydrogen-bond donors (Lipinski definition) is 0. The van der Waals surface area contributed by atoms with Gasteiger partial charge in [0, 0.05) is 22.9 Å². The van der Waals surface area contributed by atoms with Gasteiger partial charge in [0.15, 0.2) is 17.3 Å². The normalized spacial score (nSPS) is 10.9. The zero-order valence-electron chi connectivity index (χ0n) is 17.4. The molecule has 0 amide bonds. The van der Waals surface area contributed by atoms with Crippen molar-refractivity contribution in [3.8, 4) is 28.4 Å². The van der Waals surface area contributed by atoms with Gasteiger partial charge in [0.2, 0.25) is 0 Å². The lowest BCUT2D eigenvalue weighted by atomic mass is 10.1. The molecule has 3 aromatic carbocycles. The highest BCUT2D eigenvalue weighted by Gasteiger charge is 2.14. The van der Waals surface area contributed by atoms with Gasteiger partial charge in [0.1, 0.15) is 5.69 Å². The maximum Gasteiger partial charge on any atom is 0.185 e. The molecule has 5 nitrogen and oxygen atoms in total. The average Bonchev–Trinajstić information content (AvgIpc) is 3.27. The van der Waals surface area contributed by atoms with Crippen LogP contribution in [0.2, 0.25) is 0 Å². The van der Waals surface area contributed by atoms with E-state index in [1.165, 1.54) is 0 Å². The van der Waals surface area contributed by atoms with Gasteiger partial charge in [-0.2, -0.15) is 5.10 Å². The van der Waals surface area contributed by atoms with Crippen molar-refractivity contribution in [3.05, 3.63) is 102 Å². The molecule has 0 bridgehead atoms. The van der Waals surface area contributed by atoms with Gasteiger partial charge in [-0.25, -0.2) is 4.68 Å². The SMILES string of the molecule is COc1ccc(-c2nn(-c3ccccc3)cc2/C=C/C(=O)c2ccccc2)cc1OC. The third-order valence-corrected chi connectivity index (χ3v) is 4.89. The third-order valence-electron chi connectivity index (χ3n) is 4.89. The van der Waals surface area contributed by atoms with Crippen LogP contribution < -0.4 is 9.47 Å². The Kier molecular flexibility index (Phi) is 5.94. The summed E-state index contributed by atoms with van der Waals surface area (Å²) in [6.07, 6.45) is 5.29. The zero-order valence-corrected chi connectivity index (χ0v) is 17.4. The summed E-state index contributed by atoms with van der Waals surface area (Å²) in [6, 6.07) is 24.7. The Morgan fingerprint density at radius 1 is 0.871 bits per heavy atom. The fourth-order valence-electron chi connectivity index (χ4n) is 3.29. The second-order valence-electron chi connectivity index (χ2n) is 6.85. The number of carbonyl (C=O) groups excluding carboxylic acids is 1. The maximum atomic E-state index is 12.6. The standard InChI is InChI=1S/C26H22N2O3/c1-30-24-16-14-20(17-25(24)31-2)26-21(13-15-23(29)19-9-5-3-6-10-19)18-28(27-26)22-11-7-4-8-12-22/h3-18H,1-2H3/b15-13+. The molecule has 154 valence electrons. The first-order valence-electron chi connectivity index (χ1n) is 9.84. The van der Waals surface area contributed by atoms with Crippen molar-refractivity contribution < 1.29 is 14.3 Å². The van der Waals surface area contributed by atoms with Crippen LogP contribution in [-0.2, 0) is 0 Å². The summed E-state index contributed by atoms with van der Waals surface area (Å²) in [5.74, 6) is 1.20. The van der Waals surface area contributed by atoms with Crippen LogP contribution in [-0.4, -0.2) is 29.8 Å². The Balaban J connectivity index is 1.77. The maximum absolute atomic E-state index is 12.6. The van der Waals surface area contributed by atoms with E-state index >= 15 is 0 Å². The van der Waals surface area contributed by atoms with Gasteiger partial charge in [0.25, 0.3) is 0 Å². The smallest absolute Gasteiger partial charge is 0.185 e. The van der Waals surface area contributed by atoms with Crippen molar-refractivity contribution in [2.45, 2.75) is 0 Å². The monoisotopic (exact) mass is 410 g/mol.